The van der Waals surface area contributed by atoms with Crippen molar-refractivity contribution in [3.05, 3.63) is 76.7 Å². The van der Waals surface area contributed by atoms with Gasteiger partial charge in [0.1, 0.15) is 5.54 Å². The normalized spacial score (nSPS) is 17.1. The van der Waals surface area contributed by atoms with E-state index in [0.29, 0.717) is 0 Å². The smallest absolute Gasteiger partial charge is 0.109 e. The van der Waals surface area contributed by atoms with Gasteiger partial charge in [-0.05, 0) is 49.8 Å². The minimum Gasteiger partial charge on any atom is -0.303 e. The summed E-state index contributed by atoms with van der Waals surface area (Å²) in [5.74, 6) is 0. The zero-order valence-corrected chi connectivity index (χ0v) is 15.6. The van der Waals surface area contributed by atoms with Crippen LogP contribution in [0.5, 0.6) is 0 Å². The Bertz CT molecular complexity index is 648. The summed E-state index contributed by atoms with van der Waals surface area (Å²) in [6.45, 7) is 3.14. The number of nitroso groups, excluding NO2 is 1. The Hall–Kier alpha value is -2.00. The van der Waals surface area contributed by atoms with Crippen LogP contribution in [-0.4, -0.2) is 30.1 Å². The summed E-state index contributed by atoms with van der Waals surface area (Å²) in [7, 11) is 0. The lowest BCUT2D eigenvalue weighted by atomic mass is 9.82. The predicted molar refractivity (Wildman–Crippen MR) is 108 cm³/mol. The highest BCUT2D eigenvalue weighted by molar-refractivity contribution is 5.18. The van der Waals surface area contributed by atoms with E-state index < -0.39 is 5.54 Å². The van der Waals surface area contributed by atoms with Gasteiger partial charge in [-0.2, -0.15) is 4.91 Å². The molecule has 0 atom stereocenters. The molecule has 0 saturated carbocycles. The van der Waals surface area contributed by atoms with Gasteiger partial charge in [0.25, 0.3) is 0 Å². The number of piperidine rings is 1. The van der Waals surface area contributed by atoms with E-state index in [1.165, 1.54) is 36.8 Å². The van der Waals surface area contributed by atoms with Crippen LogP contribution in [0.4, 0.5) is 0 Å². The van der Waals surface area contributed by atoms with E-state index in [1.54, 1.807) is 0 Å². The van der Waals surface area contributed by atoms with E-state index in [0.717, 1.165) is 38.9 Å². The summed E-state index contributed by atoms with van der Waals surface area (Å²) in [6.07, 6.45) is 7.49. The molecule has 138 valence electrons. The Morgan fingerprint density at radius 2 is 1.42 bits per heavy atom. The minimum atomic E-state index is -0.398. The lowest BCUT2D eigenvalue weighted by molar-refractivity contribution is 0.159. The van der Waals surface area contributed by atoms with E-state index in [9.17, 15) is 4.91 Å². The van der Waals surface area contributed by atoms with Crippen LogP contribution in [-0.2, 0) is 12.8 Å². The second kappa shape index (κ2) is 9.63. The lowest BCUT2D eigenvalue weighted by Crippen LogP contribution is -2.44. The Labute approximate surface area is 157 Å². The lowest BCUT2D eigenvalue weighted by Gasteiger charge is -2.37. The SMILES string of the molecule is O=NC1(Cc2ccccc2)CCN(CCCCCc2ccccc2)CC1. The number of hydrogen-bond acceptors (Lipinski definition) is 3. The van der Waals surface area contributed by atoms with Gasteiger partial charge in [0.05, 0.1) is 0 Å². The van der Waals surface area contributed by atoms with Gasteiger partial charge < -0.3 is 4.90 Å². The third kappa shape index (κ3) is 5.50. The highest BCUT2D eigenvalue weighted by atomic mass is 16.3. The average molecular weight is 351 g/mol. The van der Waals surface area contributed by atoms with E-state index in [4.69, 9.17) is 0 Å². The highest BCUT2D eigenvalue weighted by Gasteiger charge is 2.35. The first-order chi connectivity index (χ1) is 12.8. The number of benzene rings is 2. The van der Waals surface area contributed by atoms with E-state index in [1.807, 2.05) is 18.2 Å². The Morgan fingerprint density at radius 1 is 0.808 bits per heavy atom. The average Bonchev–Trinajstić information content (AvgIpc) is 2.71. The molecule has 0 amide bonds. The molecular formula is C23H30N2O. The molecule has 3 heteroatoms. The summed E-state index contributed by atoms with van der Waals surface area (Å²) < 4.78 is 0. The number of rotatable bonds is 9. The standard InChI is InChI=1S/C23H30N2O/c26-24-23(20-22-13-6-2-7-14-22)15-18-25(19-16-23)17-9-3-8-12-21-10-4-1-5-11-21/h1-2,4-7,10-11,13-14H,3,8-9,12,15-20H2. The summed E-state index contributed by atoms with van der Waals surface area (Å²) in [5.41, 5.74) is 2.26. The number of aryl methyl sites for hydroxylation is 1. The van der Waals surface area contributed by atoms with Gasteiger partial charge in [0, 0.05) is 19.5 Å². The quantitative estimate of drug-likeness (QED) is 0.457. The number of hydrogen-bond donors (Lipinski definition) is 0. The van der Waals surface area contributed by atoms with Gasteiger partial charge >= 0.3 is 0 Å². The fraction of sp³-hybridized carbons (Fsp3) is 0.478. The van der Waals surface area contributed by atoms with Crippen LogP contribution < -0.4 is 0 Å². The van der Waals surface area contributed by atoms with Crippen molar-refractivity contribution in [3.63, 3.8) is 0 Å². The van der Waals surface area contributed by atoms with Gasteiger partial charge in [0.15, 0.2) is 0 Å². The predicted octanol–water partition coefficient (Wildman–Crippen LogP) is 5.24. The van der Waals surface area contributed by atoms with Gasteiger partial charge in [-0.3, -0.25) is 0 Å². The number of likely N-dealkylation sites (tertiary alicyclic amines) is 1. The molecule has 1 fully saturated rings. The fourth-order valence-corrected chi connectivity index (χ4v) is 3.96. The third-order valence-electron chi connectivity index (χ3n) is 5.64. The van der Waals surface area contributed by atoms with E-state index in [-0.39, 0.29) is 0 Å². The summed E-state index contributed by atoms with van der Waals surface area (Å²) in [4.78, 5) is 14.1. The Balaban J connectivity index is 1.35. The topological polar surface area (TPSA) is 32.7 Å². The van der Waals surface area contributed by atoms with E-state index in [2.05, 4.69) is 52.5 Å². The van der Waals surface area contributed by atoms with Crippen LogP contribution in [0, 0.1) is 4.91 Å². The summed E-state index contributed by atoms with van der Waals surface area (Å²) in [6, 6.07) is 21.0. The maximum Gasteiger partial charge on any atom is 0.109 e. The Kier molecular flexibility index (Phi) is 6.96. The molecular weight excluding hydrogens is 320 g/mol. The highest BCUT2D eigenvalue weighted by Crippen LogP contribution is 2.30. The molecule has 0 N–H and O–H groups in total. The van der Waals surface area contributed by atoms with Crippen molar-refractivity contribution in [2.75, 3.05) is 19.6 Å². The first-order valence-electron chi connectivity index (χ1n) is 9.94. The van der Waals surface area contributed by atoms with E-state index >= 15 is 0 Å². The zero-order valence-electron chi connectivity index (χ0n) is 15.6. The number of nitrogens with zero attached hydrogens (tertiary/aromatic N) is 2. The van der Waals surface area contributed by atoms with Gasteiger partial charge in [0.2, 0.25) is 0 Å². The Morgan fingerprint density at radius 3 is 2.04 bits per heavy atom. The molecule has 1 heterocycles. The molecule has 2 aromatic carbocycles. The molecule has 1 aliphatic heterocycles. The van der Waals surface area contributed by atoms with Crippen LogP contribution >= 0.6 is 0 Å². The van der Waals surface area contributed by atoms with Gasteiger partial charge in [-0.15, -0.1) is 0 Å². The second-order valence-corrected chi connectivity index (χ2v) is 7.62. The van der Waals surface area contributed by atoms with Gasteiger partial charge in [-0.1, -0.05) is 72.3 Å². The van der Waals surface area contributed by atoms with Crippen LogP contribution in [0.1, 0.15) is 43.2 Å². The maximum absolute atomic E-state index is 11.6. The summed E-state index contributed by atoms with van der Waals surface area (Å²) in [5, 5.41) is 3.58. The van der Waals surface area contributed by atoms with Crippen molar-refractivity contribution in [2.45, 2.75) is 50.5 Å². The molecule has 0 spiro atoms. The van der Waals surface area contributed by atoms with Crippen molar-refractivity contribution in [1.29, 1.82) is 0 Å². The fourth-order valence-electron chi connectivity index (χ4n) is 3.96. The molecule has 1 saturated heterocycles. The van der Waals surface area contributed by atoms with Crippen LogP contribution in [0.25, 0.3) is 0 Å². The van der Waals surface area contributed by atoms with Gasteiger partial charge in [-0.25, -0.2) is 0 Å². The molecule has 0 radical (unpaired) electrons. The van der Waals surface area contributed by atoms with Crippen molar-refractivity contribution in [3.8, 4) is 0 Å². The van der Waals surface area contributed by atoms with Crippen LogP contribution in [0.15, 0.2) is 65.8 Å². The first kappa shape index (κ1) is 18.8. The second-order valence-electron chi connectivity index (χ2n) is 7.62. The molecule has 1 aliphatic rings. The molecule has 0 aromatic heterocycles. The van der Waals surface area contributed by atoms with Crippen molar-refractivity contribution < 1.29 is 0 Å². The molecule has 0 bridgehead atoms. The molecule has 3 rings (SSSR count). The monoisotopic (exact) mass is 350 g/mol. The first-order valence-corrected chi connectivity index (χ1v) is 9.94. The van der Waals surface area contributed by atoms with Crippen molar-refractivity contribution >= 4 is 0 Å². The molecule has 26 heavy (non-hydrogen) atoms. The molecule has 0 unspecified atom stereocenters. The maximum atomic E-state index is 11.6. The van der Waals surface area contributed by atoms with Crippen LogP contribution in [0.3, 0.4) is 0 Å². The van der Waals surface area contributed by atoms with Crippen molar-refractivity contribution in [2.24, 2.45) is 5.18 Å². The number of unbranched alkanes of at least 4 members (excludes halogenated alkanes) is 2. The zero-order chi connectivity index (χ0) is 18.1. The largest absolute Gasteiger partial charge is 0.303 e. The molecule has 0 aliphatic carbocycles. The summed E-state index contributed by atoms with van der Waals surface area (Å²) >= 11 is 0. The minimum absolute atomic E-state index is 0.398. The van der Waals surface area contributed by atoms with Crippen LogP contribution in [0.2, 0.25) is 0 Å². The third-order valence-corrected chi connectivity index (χ3v) is 5.64. The molecule has 3 nitrogen and oxygen atoms in total. The van der Waals surface area contributed by atoms with Crippen molar-refractivity contribution in [1.82, 2.24) is 4.90 Å². The molecule has 2 aromatic rings.